The van der Waals surface area contributed by atoms with E-state index in [1.807, 2.05) is 30.3 Å². The average Bonchev–Trinajstić information content (AvgIpc) is 2.66. The minimum atomic E-state index is -0.833. The fourth-order valence-electron chi connectivity index (χ4n) is 1.57. The van der Waals surface area contributed by atoms with Gasteiger partial charge in [0.1, 0.15) is 6.54 Å². The van der Waals surface area contributed by atoms with E-state index in [2.05, 4.69) is 5.32 Å². The number of imide groups is 1. The summed E-state index contributed by atoms with van der Waals surface area (Å²) in [5.41, 5.74) is 1.17. The number of benzene rings is 1. The number of aliphatic carboxylic acids is 1. The molecule has 0 atom stereocenters. The second-order valence-corrected chi connectivity index (χ2v) is 4.03. The second kappa shape index (κ2) is 7.15. The quantitative estimate of drug-likeness (QED) is 0.793. The maximum absolute atomic E-state index is 11.2. The zero-order chi connectivity index (χ0) is 14.3. The largest absolute Gasteiger partial charge is 0.481 e. The standard InChI is InChI=1S/C11H12N2O2.C2H4O2/c14-10-8-13(11(15)12-10)7-6-9-4-2-1-3-5-9;1-2(3)4/h1-5H,6-8H2,(H,12,14,15);1H3,(H,3,4). The summed E-state index contributed by atoms with van der Waals surface area (Å²) in [4.78, 5) is 32.6. The zero-order valence-electron chi connectivity index (χ0n) is 10.6. The van der Waals surface area contributed by atoms with Gasteiger partial charge >= 0.3 is 6.03 Å². The van der Waals surface area contributed by atoms with Gasteiger partial charge in [-0.1, -0.05) is 30.3 Å². The van der Waals surface area contributed by atoms with Gasteiger partial charge in [0.15, 0.2) is 0 Å². The summed E-state index contributed by atoms with van der Waals surface area (Å²) in [5, 5.41) is 9.67. The lowest BCUT2D eigenvalue weighted by Gasteiger charge is -2.12. The lowest BCUT2D eigenvalue weighted by molar-refractivity contribution is -0.134. The number of amides is 3. The molecular formula is C13H16N2O4. The Balaban J connectivity index is 0.000000399. The maximum atomic E-state index is 11.2. The first-order valence-electron chi connectivity index (χ1n) is 5.81. The molecule has 1 aliphatic heterocycles. The molecule has 6 heteroatoms. The number of rotatable bonds is 3. The van der Waals surface area contributed by atoms with Crippen LogP contribution < -0.4 is 5.32 Å². The van der Waals surface area contributed by atoms with E-state index in [4.69, 9.17) is 9.90 Å². The van der Waals surface area contributed by atoms with Crippen LogP contribution in [0.1, 0.15) is 12.5 Å². The van der Waals surface area contributed by atoms with Gasteiger partial charge in [0.05, 0.1) is 0 Å². The Bertz CT molecular complexity index is 455. The van der Waals surface area contributed by atoms with Gasteiger partial charge in [-0.2, -0.15) is 0 Å². The molecule has 0 spiro atoms. The molecule has 0 unspecified atom stereocenters. The van der Waals surface area contributed by atoms with E-state index in [1.54, 1.807) is 0 Å². The zero-order valence-corrected chi connectivity index (χ0v) is 10.6. The van der Waals surface area contributed by atoms with E-state index >= 15 is 0 Å². The molecular weight excluding hydrogens is 248 g/mol. The number of hydrogen-bond acceptors (Lipinski definition) is 3. The summed E-state index contributed by atoms with van der Waals surface area (Å²) < 4.78 is 0. The Labute approximate surface area is 111 Å². The van der Waals surface area contributed by atoms with Crippen LogP contribution in [0.15, 0.2) is 30.3 Å². The third-order valence-electron chi connectivity index (χ3n) is 2.38. The molecule has 1 fully saturated rings. The molecule has 0 saturated carbocycles. The highest BCUT2D eigenvalue weighted by Gasteiger charge is 2.25. The van der Waals surface area contributed by atoms with E-state index < -0.39 is 5.97 Å². The molecule has 1 aromatic rings. The summed E-state index contributed by atoms with van der Waals surface area (Å²) in [5.74, 6) is -1.05. The fraction of sp³-hybridized carbons (Fsp3) is 0.308. The summed E-state index contributed by atoms with van der Waals surface area (Å²) >= 11 is 0. The second-order valence-electron chi connectivity index (χ2n) is 4.03. The Hall–Kier alpha value is -2.37. The molecule has 6 nitrogen and oxygen atoms in total. The number of nitrogens with zero attached hydrogens (tertiary/aromatic N) is 1. The summed E-state index contributed by atoms with van der Waals surface area (Å²) in [6.07, 6.45) is 0.779. The molecule has 0 aromatic heterocycles. The van der Waals surface area contributed by atoms with Gasteiger partial charge in [0.25, 0.3) is 5.97 Å². The van der Waals surface area contributed by atoms with Crippen LogP contribution in [0.3, 0.4) is 0 Å². The van der Waals surface area contributed by atoms with E-state index in [-0.39, 0.29) is 18.5 Å². The summed E-state index contributed by atoms with van der Waals surface area (Å²) in [7, 11) is 0. The summed E-state index contributed by atoms with van der Waals surface area (Å²) in [6, 6.07) is 9.62. The first-order valence-corrected chi connectivity index (χ1v) is 5.81. The molecule has 1 aliphatic rings. The van der Waals surface area contributed by atoms with Crippen LogP contribution in [0, 0.1) is 0 Å². The molecule has 2 rings (SSSR count). The summed E-state index contributed by atoms with van der Waals surface area (Å²) in [6.45, 7) is 1.85. The van der Waals surface area contributed by atoms with Crippen molar-refractivity contribution >= 4 is 17.9 Å². The first kappa shape index (κ1) is 14.7. The van der Waals surface area contributed by atoms with Crippen molar-refractivity contribution in [1.29, 1.82) is 0 Å². The lowest BCUT2D eigenvalue weighted by atomic mass is 10.1. The fourth-order valence-corrected chi connectivity index (χ4v) is 1.57. The number of carbonyl (C=O) groups is 3. The number of nitrogens with one attached hydrogen (secondary N) is 1. The van der Waals surface area contributed by atoms with Crippen molar-refractivity contribution in [3.8, 4) is 0 Å². The molecule has 1 heterocycles. The Morgan fingerprint density at radius 2 is 1.89 bits per heavy atom. The van der Waals surface area contributed by atoms with Crippen LogP contribution in [-0.4, -0.2) is 41.0 Å². The molecule has 102 valence electrons. The maximum Gasteiger partial charge on any atom is 0.324 e. The lowest BCUT2D eigenvalue weighted by Crippen LogP contribution is -2.30. The predicted molar refractivity (Wildman–Crippen MR) is 68.6 cm³/mol. The molecule has 19 heavy (non-hydrogen) atoms. The molecule has 1 saturated heterocycles. The smallest absolute Gasteiger partial charge is 0.324 e. The number of carboxylic acid groups (broad SMARTS) is 1. The van der Waals surface area contributed by atoms with Crippen LogP contribution >= 0.6 is 0 Å². The van der Waals surface area contributed by atoms with Crippen LogP contribution in [0.5, 0.6) is 0 Å². The Morgan fingerprint density at radius 1 is 1.32 bits per heavy atom. The van der Waals surface area contributed by atoms with Crippen LogP contribution in [0.4, 0.5) is 4.79 Å². The average molecular weight is 264 g/mol. The van der Waals surface area contributed by atoms with Crippen molar-refractivity contribution in [3.05, 3.63) is 35.9 Å². The monoisotopic (exact) mass is 264 g/mol. The van der Waals surface area contributed by atoms with Crippen molar-refractivity contribution in [2.45, 2.75) is 13.3 Å². The van der Waals surface area contributed by atoms with Crippen LogP contribution in [0.25, 0.3) is 0 Å². The Kier molecular flexibility index (Phi) is 5.53. The molecule has 2 N–H and O–H groups in total. The van der Waals surface area contributed by atoms with Crippen molar-refractivity contribution in [2.24, 2.45) is 0 Å². The SMILES string of the molecule is CC(=O)O.O=C1CN(CCc2ccccc2)C(=O)N1. The highest BCUT2D eigenvalue weighted by molar-refractivity contribution is 6.01. The van der Waals surface area contributed by atoms with Gasteiger partial charge in [-0.25, -0.2) is 4.79 Å². The normalized spacial score (nSPS) is 13.6. The number of hydrogen-bond donors (Lipinski definition) is 2. The topological polar surface area (TPSA) is 86.7 Å². The van der Waals surface area contributed by atoms with Crippen LogP contribution in [0.2, 0.25) is 0 Å². The van der Waals surface area contributed by atoms with E-state index in [9.17, 15) is 9.59 Å². The predicted octanol–water partition coefficient (Wildman–Crippen LogP) is 0.872. The van der Waals surface area contributed by atoms with Gasteiger partial charge in [0, 0.05) is 13.5 Å². The van der Waals surface area contributed by atoms with Crippen molar-refractivity contribution in [2.75, 3.05) is 13.1 Å². The third-order valence-corrected chi connectivity index (χ3v) is 2.38. The minimum Gasteiger partial charge on any atom is -0.481 e. The highest BCUT2D eigenvalue weighted by atomic mass is 16.4. The van der Waals surface area contributed by atoms with Gasteiger partial charge in [-0.3, -0.25) is 14.9 Å². The van der Waals surface area contributed by atoms with Gasteiger partial charge < -0.3 is 10.0 Å². The first-order chi connectivity index (χ1) is 8.99. The molecule has 0 bridgehead atoms. The number of carbonyl (C=O) groups excluding carboxylic acids is 2. The number of urea groups is 1. The van der Waals surface area contributed by atoms with E-state index in [1.165, 1.54) is 10.5 Å². The van der Waals surface area contributed by atoms with E-state index in [0.717, 1.165) is 13.3 Å². The molecule has 1 aromatic carbocycles. The Morgan fingerprint density at radius 3 is 2.37 bits per heavy atom. The van der Waals surface area contributed by atoms with Gasteiger partial charge in [-0.05, 0) is 12.0 Å². The third kappa shape index (κ3) is 5.67. The molecule has 0 aliphatic carbocycles. The van der Waals surface area contributed by atoms with Crippen molar-refractivity contribution in [3.63, 3.8) is 0 Å². The van der Waals surface area contributed by atoms with Gasteiger partial charge in [-0.15, -0.1) is 0 Å². The van der Waals surface area contributed by atoms with E-state index in [0.29, 0.717) is 6.54 Å². The van der Waals surface area contributed by atoms with Crippen LogP contribution in [-0.2, 0) is 16.0 Å². The van der Waals surface area contributed by atoms with Crippen molar-refractivity contribution < 1.29 is 19.5 Å². The minimum absolute atomic E-state index is 0.186. The highest BCUT2D eigenvalue weighted by Crippen LogP contribution is 2.04. The molecule has 3 amide bonds. The van der Waals surface area contributed by atoms with Crippen molar-refractivity contribution in [1.82, 2.24) is 10.2 Å². The number of carboxylic acids is 1. The molecule has 0 radical (unpaired) electrons. The van der Waals surface area contributed by atoms with Gasteiger partial charge in [0.2, 0.25) is 5.91 Å².